The predicted molar refractivity (Wildman–Crippen MR) is 47.8 cm³/mol. The molecule has 0 saturated carbocycles. The van der Waals surface area contributed by atoms with Crippen LogP contribution >= 0.6 is 0 Å². The lowest BCUT2D eigenvalue weighted by atomic mass is 10.1. The number of hydrazone groups is 1. The molecule has 0 amide bonds. The molecule has 1 unspecified atom stereocenters. The monoisotopic (exact) mass is 179 g/mol. The molecule has 0 saturated heterocycles. The van der Waals surface area contributed by atoms with Crippen LogP contribution in [0.2, 0.25) is 0 Å². The molecule has 1 aliphatic heterocycles. The van der Waals surface area contributed by atoms with Crippen molar-refractivity contribution in [3.63, 3.8) is 0 Å². The van der Waals surface area contributed by atoms with Gasteiger partial charge in [-0.15, -0.1) is 0 Å². The third-order valence-electron chi connectivity index (χ3n) is 2.15. The van der Waals surface area contributed by atoms with Gasteiger partial charge in [-0.3, -0.25) is 9.99 Å². The first-order chi connectivity index (χ1) is 6.27. The Hall–Kier alpha value is -1.45. The molecule has 68 valence electrons. The van der Waals surface area contributed by atoms with E-state index < -0.39 is 0 Å². The Morgan fingerprint density at radius 3 is 3.00 bits per heavy atom. The molecule has 0 fully saturated rings. The van der Waals surface area contributed by atoms with Crippen molar-refractivity contribution in [1.82, 2.24) is 9.99 Å². The minimum absolute atomic E-state index is 0.142. The van der Waals surface area contributed by atoms with Crippen molar-refractivity contribution in [2.45, 2.75) is 12.5 Å². The van der Waals surface area contributed by atoms with Gasteiger partial charge in [0.15, 0.2) is 0 Å². The Kier molecular flexibility index (Phi) is 1.96. The van der Waals surface area contributed by atoms with E-state index in [-0.39, 0.29) is 11.9 Å². The molecule has 0 radical (unpaired) electrons. The lowest BCUT2D eigenvalue weighted by Crippen LogP contribution is -2.14. The summed E-state index contributed by atoms with van der Waals surface area (Å²) in [6.07, 6.45) is 5.54. The zero-order valence-corrected chi connectivity index (χ0v) is 7.31. The lowest BCUT2D eigenvalue weighted by molar-refractivity contribution is 0.288. The zero-order chi connectivity index (χ0) is 9.26. The van der Waals surface area contributed by atoms with Gasteiger partial charge < -0.3 is 0 Å². The third kappa shape index (κ3) is 1.52. The Labute approximate surface area is 75.9 Å². The largest absolute Gasteiger partial charge is 0.293 e. The second kappa shape index (κ2) is 3.12. The van der Waals surface area contributed by atoms with E-state index in [1.807, 2.05) is 18.3 Å². The first-order valence-corrected chi connectivity index (χ1v) is 4.13. The summed E-state index contributed by atoms with van der Waals surface area (Å²) in [6.45, 7) is 0. The number of hydrogen-bond donors (Lipinski definition) is 0. The normalized spacial score (nSPS) is 21.1. The maximum atomic E-state index is 12.8. The van der Waals surface area contributed by atoms with Gasteiger partial charge in [0, 0.05) is 25.9 Å². The van der Waals surface area contributed by atoms with E-state index in [0.29, 0.717) is 0 Å². The number of hydrogen-bond acceptors (Lipinski definition) is 3. The van der Waals surface area contributed by atoms with Gasteiger partial charge in [-0.1, -0.05) is 0 Å². The Bertz CT molecular complexity index is 337. The molecule has 0 aliphatic carbocycles. The van der Waals surface area contributed by atoms with Crippen molar-refractivity contribution < 1.29 is 4.39 Å². The minimum atomic E-state index is -0.294. The SMILES string of the molecule is CN1N=CCC1c1cncc(F)c1. The molecular weight excluding hydrogens is 169 g/mol. The number of nitrogens with zero attached hydrogens (tertiary/aromatic N) is 3. The molecule has 13 heavy (non-hydrogen) atoms. The summed E-state index contributed by atoms with van der Waals surface area (Å²) in [5.41, 5.74) is 0.875. The molecule has 3 nitrogen and oxygen atoms in total. The molecule has 1 atom stereocenters. The molecule has 0 aromatic carbocycles. The standard InChI is InChI=1S/C9H10FN3/c1-13-9(2-3-12-13)7-4-8(10)6-11-5-7/h3-6,9H,2H2,1H3. The number of halogens is 1. The highest BCUT2D eigenvalue weighted by Gasteiger charge is 2.19. The highest BCUT2D eigenvalue weighted by Crippen LogP contribution is 2.25. The second-order valence-electron chi connectivity index (χ2n) is 3.06. The first kappa shape index (κ1) is 8.16. The van der Waals surface area contributed by atoms with E-state index in [9.17, 15) is 4.39 Å². The van der Waals surface area contributed by atoms with Crippen LogP contribution in [-0.2, 0) is 0 Å². The van der Waals surface area contributed by atoms with Crippen LogP contribution < -0.4 is 0 Å². The van der Waals surface area contributed by atoms with Gasteiger partial charge in [0.1, 0.15) is 5.82 Å². The first-order valence-electron chi connectivity index (χ1n) is 4.13. The van der Waals surface area contributed by atoms with Crippen molar-refractivity contribution in [3.8, 4) is 0 Å². The lowest BCUT2D eigenvalue weighted by Gasteiger charge is -2.18. The van der Waals surface area contributed by atoms with Crippen LogP contribution in [-0.4, -0.2) is 23.3 Å². The fourth-order valence-electron chi connectivity index (χ4n) is 1.47. The molecule has 1 aromatic heterocycles. The van der Waals surface area contributed by atoms with Crippen molar-refractivity contribution >= 4 is 6.21 Å². The van der Waals surface area contributed by atoms with Gasteiger partial charge in [-0.2, -0.15) is 5.10 Å². The van der Waals surface area contributed by atoms with Gasteiger partial charge in [0.05, 0.1) is 12.2 Å². The van der Waals surface area contributed by atoms with Crippen LogP contribution in [0.15, 0.2) is 23.6 Å². The molecule has 4 heteroatoms. The minimum Gasteiger partial charge on any atom is -0.293 e. The predicted octanol–water partition coefficient (Wildman–Crippen LogP) is 1.58. The van der Waals surface area contributed by atoms with Gasteiger partial charge >= 0.3 is 0 Å². The van der Waals surface area contributed by atoms with Gasteiger partial charge in [0.25, 0.3) is 0 Å². The van der Waals surface area contributed by atoms with E-state index >= 15 is 0 Å². The number of rotatable bonds is 1. The van der Waals surface area contributed by atoms with Crippen LogP contribution in [0, 0.1) is 5.82 Å². The molecule has 0 N–H and O–H groups in total. The smallest absolute Gasteiger partial charge is 0.141 e. The highest BCUT2D eigenvalue weighted by molar-refractivity contribution is 5.60. The Morgan fingerprint density at radius 2 is 2.38 bits per heavy atom. The topological polar surface area (TPSA) is 28.5 Å². The summed E-state index contributed by atoms with van der Waals surface area (Å²) in [5, 5.41) is 5.90. The van der Waals surface area contributed by atoms with Crippen molar-refractivity contribution in [2.75, 3.05) is 7.05 Å². The van der Waals surface area contributed by atoms with Crippen molar-refractivity contribution in [3.05, 3.63) is 29.8 Å². The van der Waals surface area contributed by atoms with Gasteiger partial charge in [-0.05, 0) is 11.6 Å². The average Bonchev–Trinajstić information content (AvgIpc) is 2.51. The van der Waals surface area contributed by atoms with E-state index in [4.69, 9.17) is 0 Å². The van der Waals surface area contributed by atoms with Crippen molar-refractivity contribution in [2.24, 2.45) is 5.10 Å². The fourth-order valence-corrected chi connectivity index (χ4v) is 1.47. The quantitative estimate of drug-likeness (QED) is 0.654. The molecule has 2 rings (SSSR count). The maximum Gasteiger partial charge on any atom is 0.141 e. The van der Waals surface area contributed by atoms with E-state index in [1.165, 1.54) is 12.3 Å². The van der Waals surface area contributed by atoms with Crippen molar-refractivity contribution in [1.29, 1.82) is 0 Å². The molecule has 1 aromatic rings. The van der Waals surface area contributed by atoms with Crippen LogP contribution in [0.1, 0.15) is 18.0 Å². The molecule has 0 bridgehead atoms. The van der Waals surface area contributed by atoms with Crippen LogP contribution in [0.3, 0.4) is 0 Å². The summed E-state index contributed by atoms with van der Waals surface area (Å²) in [6, 6.07) is 1.64. The average molecular weight is 179 g/mol. The van der Waals surface area contributed by atoms with Gasteiger partial charge in [0.2, 0.25) is 0 Å². The Morgan fingerprint density at radius 1 is 1.54 bits per heavy atom. The summed E-state index contributed by atoms with van der Waals surface area (Å²) in [5.74, 6) is -0.294. The van der Waals surface area contributed by atoms with E-state index in [0.717, 1.165) is 12.0 Å². The molecular formula is C9H10FN3. The molecule has 2 heterocycles. The summed E-state index contributed by atoms with van der Waals surface area (Å²) in [7, 11) is 1.87. The summed E-state index contributed by atoms with van der Waals surface area (Å²) < 4.78 is 12.8. The van der Waals surface area contributed by atoms with E-state index in [2.05, 4.69) is 10.1 Å². The van der Waals surface area contributed by atoms with Crippen LogP contribution in [0.4, 0.5) is 4.39 Å². The summed E-state index contributed by atoms with van der Waals surface area (Å²) >= 11 is 0. The van der Waals surface area contributed by atoms with Gasteiger partial charge in [-0.25, -0.2) is 4.39 Å². The highest BCUT2D eigenvalue weighted by atomic mass is 19.1. The Balaban J connectivity index is 2.26. The zero-order valence-electron chi connectivity index (χ0n) is 7.31. The van der Waals surface area contributed by atoms with Crippen LogP contribution in [0.5, 0.6) is 0 Å². The molecule has 1 aliphatic rings. The number of pyridine rings is 1. The maximum absolute atomic E-state index is 12.8. The third-order valence-corrected chi connectivity index (χ3v) is 2.15. The number of aromatic nitrogens is 1. The van der Waals surface area contributed by atoms with Crippen LogP contribution in [0.25, 0.3) is 0 Å². The fraction of sp³-hybridized carbons (Fsp3) is 0.333. The second-order valence-corrected chi connectivity index (χ2v) is 3.06. The van der Waals surface area contributed by atoms with E-state index in [1.54, 1.807) is 6.20 Å². The summed E-state index contributed by atoms with van der Waals surface area (Å²) in [4.78, 5) is 3.81. The molecule has 0 spiro atoms.